The van der Waals surface area contributed by atoms with Gasteiger partial charge in [-0.3, -0.25) is 4.90 Å². The van der Waals surface area contributed by atoms with Gasteiger partial charge in [0.05, 0.1) is 18.0 Å². The Morgan fingerprint density at radius 3 is 2.77 bits per heavy atom. The molecule has 0 spiro atoms. The molecule has 1 N–H and O–H groups in total. The van der Waals surface area contributed by atoms with Crippen LogP contribution in [0.3, 0.4) is 0 Å². The van der Waals surface area contributed by atoms with Crippen molar-refractivity contribution in [3.05, 3.63) is 53.7 Å². The third kappa shape index (κ3) is 4.17. The standard InChI is InChI=1S/C19H23N5OS/c1-2-9-24(10-3-1)16(17-6-4-11-25-17)13-20-12-15-14-26-19(23-15)18-21-7-5-8-22-18/h4-8,11,14,16,20H,1-3,9-10,12-13H2/t16-/m1/s1. The highest BCUT2D eigenvalue weighted by atomic mass is 32.1. The van der Waals surface area contributed by atoms with Gasteiger partial charge in [0, 0.05) is 30.9 Å². The van der Waals surface area contributed by atoms with Gasteiger partial charge in [-0.1, -0.05) is 6.42 Å². The van der Waals surface area contributed by atoms with E-state index < -0.39 is 0 Å². The molecule has 1 aliphatic heterocycles. The van der Waals surface area contributed by atoms with Crippen molar-refractivity contribution in [2.45, 2.75) is 31.8 Å². The Hall–Kier alpha value is -2.09. The number of hydrogen-bond acceptors (Lipinski definition) is 7. The van der Waals surface area contributed by atoms with Crippen LogP contribution in [0.4, 0.5) is 0 Å². The van der Waals surface area contributed by atoms with Gasteiger partial charge < -0.3 is 9.73 Å². The molecule has 1 saturated heterocycles. The van der Waals surface area contributed by atoms with Crippen LogP contribution in [0.25, 0.3) is 10.8 Å². The molecule has 0 aromatic carbocycles. The topological polar surface area (TPSA) is 67.1 Å². The highest BCUT2D eigenvalue weighted by Gasteiger charge is 2.24. The van der Waals surface area contributed by atoms with Gasteiger partial charge in [-0.15, -0.1) is 11.3 Å². The van der Waals surface area contributed by atoms with Crippen LogP contribution in [0.2, 0.25) is 0 Å². The van der Waals surface area contributed by atoms with Crippen LogP contribution in [0.15, 0.2) is 46.7 Å². The maximum absolute atomic E-state index is 5.70. The minimum absolute atomic E-state index is 0.279. The van der Waals surface area contributed by atoms with Crippen LogP contribution in [0.5, 0.6) is 0 Å². The van der Waals surface area contributed by atoms with E-state index in [0.717, 1.165) is 42.6 Å². The Morgan fingerprint density at radius 1 is 1.15 bits per heavy atom. The maximum atomic E-state index is 5.70. The second kappa shape index (κ2) is 8.53. The van der Waals surface area contributed by atoms with Gasteiger partial charge in [0.15, 0.2) is 10.8 Å². The van der Waals surface area contributed by atoms with E-state index in [1.165, 1.54) is 19.3 Å². The van der Waals surface area contributed by atoms with Crippen molar-refractivity contribution in [1.82, 2.24) is 25.2 Å². The molecule has 0 amide bonds. The molecule has 0 aliphatic carbocycles. The Kier molecular flexibility index (Phi) is 5.68. The normalized spacial score (nSPS) is 16.6. The van der Waals surface area contributed by atoms with Crippen molar-refractivity contribution in [2.24, 2.45) is 0 Å². The average molecular weight is 369 g/mol. The molecule has 4 heterocycles. The molecule has 0 saturated carbocycles. The summed E-state index contributed by atoms with van der Waals surface area (Å²) in [4.78, 5) is 15.7. The minimum atomic E-state index is 0.279. The van der Waals surface area contributed by atoms with Crippen molar-refractivity contribution in [3.63, 3.8) is 0 Å². The van der Waals surface area contributed by atoms with E-state index in [9.17, 15) is 0 Å². The van der Waals surface area contributed by atoms with E-state index in [-0.39, 0.29) is 6.04 Å². The van der Waals surface area contributed by atoms with E-state index in [1.807, 2.05) is 12.1 Å². The van der Waals surface area contributed by atoms with Crippen LogP contribution < -0.4 is 5.32 Å². The lowest BCUT2D eigenvalue weighted by molar-refractivity contribution is 0.142. The number of aromatic nitrogens is 3. The monoisotopic (exact) mass is 369 g/mol. The number of hydrogen-bond donors (Lipinski definition) is 1. The highest BCUT2D eigenvalue weighted by Crippen LogP contribution is 2.25. The minimum Gasteiger partial charge on any atom is -0.468 e. The molecule has 0 unspecified atom stereocenters. The fourth-order valence-corrected chi connectivity index (χ4v) is 4.12. The summed E-state index contributed by atoms with van der Waals surface area (Å²) in [5.74, 6) is 1.72. The lowest BCUT2D eigenvalue weighted by Crippen LogP contribution is -2.38. The molecular weight excluding hydrogens is 346 g/mol. The number of likely N-dealkylation sites (tertiary alicyclic amines) is 1. The summed E-state index contributed by atoms with van der Waals surface area (Å²) in [6.45, 7) is 3.86. The number of piperidine rings is 1. The number of furan rings is 1. The third-order valence-electron chi connectivity index (χ3n) is 4.66. The Balaban J connectivity index is 1.37. The Labute approximate surface area is 157 Å². The van der Waals surface area contributed by atoms with E-state index in [2.05, 4.69) is 36.6 Å². The summed E-state index contributed by atoms with van der Waals surface area (Å²) in [5.41, 5.74) is 1.02. The number of thiazole rings is 1. The highest BCUT2D eigenvalue weighted by molar-refractivity contribution is 7.13. The first kappa shape index (κ1) is 17.3. The molecule has 0 radical (unpaired) electrons. The van der Waals surface area contributed by atoms with Gasteiger partial charge in [-0.2, -0.15) is 0 Å². The van der Waals surface area contributed by atoms with Crippen LogP contribution in [-0.4, -0.2) is 39.5 Å². The predicted molar refractivity (Wildman–Crippen MR) is 102 cm³/mol. The summed E-state index contributed by atoms with van der Waals surface area (Å²) in [7, 11) is 0. The largest absolute Gasteiger partial charge is 0.468 e. The van der Waals surface area contributed by atoms with E-state index in [4.69, 9.17) is 4.42 Å². The van der Waals surface area contributed by atoms with Crippen molar-refractivity contribution < 1.29 is 4.42 Å². The molecular formula is C19H23N5OS. The fourth-order valence-electron chi connectivity index (χ4n) is 3.36. The average Bonchev–Trinajstić information content (AvgIpc) is 3.39. The maximum Gasteiger partial charge on any atom is 0.188 e. The van der Waals surface area contributed by atoms with E-state index >= 15 is 0 Å². The van der Waals surface area contributed by atoms with Crippen LogP contribution in [0.1, 0.15) is 36.8 Å². The molecule has 0 bridgehead atoms. The van der Waals surface area contributed by atoms with Gasteiger partial charge in [0.1, 0.15) is 5.76 Å². The molecule has 1 fully saturated rings. The smallest absolute Gasteiger partial charge is 0.188 e. The molecule has 4 rings (SSSR count). The molecule has 3 aromatic rings. The van der Waals surface area contributed by atoms with Crippen molar-refractivity contribution >= 4 is 11.3 Å². The van der Waals surface area contributed by atoms with Crippen LogP contribution in [-0.2, 0) is 6.54 Å². The summed E-state index contributed by atoms with van der Waals surface area (Å²) >= 11 is 1.58. The number of nitrogens with zero attached hydrogens (tertiary/aromatic N) is 4. The SMILES string of the molecule is c1cnc(-c2nc(CNC[C@H](c3ccco3)N3CCCCC3)cs2)nc1. The first-order valence-corrected chi connectivity index (χ1v) is 9.98. The van der Waals surface area contributed by atoms with E-state index in [1.54, 1.807) is 30.0 Å². The lowest BCUT2D eigenvalue weighted by atomic mass is 10.1. The molecule has 3 aromatic heterocycles. The van der Waals surface area contributed by atoms with Crippen LogP contribution >= 0.6 is 11.3 Å². The van der Waals surface area contributed by atoms with E-state index in [0.29, 0.717) is 5.82 Å². The van der Waals surface area contributed by atoms with Gasteiger partial charge in [0.2, 0.25) is 0 Å². The molecule has 1 aliphatic rings. The fraction of sp³-hybridized carbons (Fsp3) is 0.421. The summed E-state index contributed by atoms with van der Waals surface area (Å²) < 4.78 is 5.70. The first-order chi connectivity index (χ1) is 12.9. The number of nitrogens with one attached hydrogen (secondary N) is 1. The second-order valence-corrected chi connectivity index (χ2v) is 7.33. The molecule has 1 atom stereocenters. The molecule has 7 heteroatoms. The second-order valence-electron chi connectivity index (χ2n) is 6.48. The first-order valence-electron chi connectivity index (χ1n) is 9.10. The molecule has 136 valence electrons. The zero-order valence-corrected chi connectivity index (χ0v) is 15.5. The summed E-state index contributed by atoms with van der Waals surface area (Å²) in [6.07, 6.45) is 9.12. The number of rotatable bonds is 7. The Morgan fingerprint density at radius 2 is 2.00 bits per heavy atom. The van der Waals surface area contributed by atoms with Gasteiger partial charge >= 0.3 is 0 Å². The summed E-state index contributed by atoms with van der Waals surface area (Å²) in [6, 6.07) is 6.14. The van der Waals surface area contributed by atoms with Crippen molar-refractivity contribution in [3.8, 4) is 10.8 Å². The molecule has 26 heavy (non-hydrogen) atoms. The van der Waals surface area contributed by atoms with Gasteiger partial charge in [-0.05, 0) is 44.1 Å². The predicted octanol–water partition coefficient (Wildman–Crippen LogP) is 3.51. The molecule has 6 nitrogen and oxygen atoms in total. The van der Waals surface area contributed by atoms with Crippen LogP contribution in [0, 0.1) is 0 Å². The Bertz CT molecular complexity index is 783. The third-order valence-corrected chi connectivity index (χ3v) is 5.54. The van der Waals surface area contributed by atoms with Gasteiger partial charge in [-0.25, -0.2) is 15.0 Å². The van der Waals surface area contributed by atoms with Gasteiger partial charge in [0.25, 0.3) is 0 Å². The summed E-state index contributed by atoms with van der Waals surface area (Å²) in [5, 5.41) is 6.49. The van der Waals surface area contributed by atoms with Crippen molar-refractivity contribution in [2.75, 3.05) is 19.6 Å². The van der Waals surface area contributed by atoms with Crippen molar-refractivity contribution in [1.29, 1.82) is 0 Å². The lowest BCUT2D eigenvalue weighted by Gasteiger charge is -2.33. The zero-order chi connectivity index (χ0) is 17.6. The zero-order valence-electron chi connectivity index (χ0n) is 14.7. The quantitative estimate of drug-likeness (QED) is 0.687.